The topological polar surface area (TPSA) is 25.8 Å². The van der Waals surface area contributed by atoms with E-state index in [4.69, 9.17) is 0 Å². The highest BCUT2D eigenvalue weighted by molar-refractivity contribution is 7.98. The number of thioether (sulfide) groups is 1. The van der Waals surface area contributed by atoms with E-state index in [0.29, 0.717) is 22.0 Å². The van der Waals surface area contributed by atoms with Crippen molar-refractivity contribution in [3.8, 4) is 11.1 Å². The van der Waals surface area contributed by atoms with Crippen molar-refractivity contribution in [1.29, 1.82) is 0 Å². The van der Waals surface area contributed by atoms with Crippen LogP contribution in [0.5, 0.6) is 0 Å². The maximum Gasteiger partial charge on any atom is 0.416 e. The van der Waals surface area contributed by atoms with Crippen LogP contribution in [0.3, 0.4) is 0 Å². The Balaban J connectivity index is 1.72. The highest BCUT2D eigenvalue weighted by Gasteiger charge is 2.30. The summed E-state index contributed by atoms with van der Waals surface area (Å²) in [5, 5.41) is 0.472. The van der Waals surface area contributed by atoms with E-state index in [1.54, 1.807) is 18.2 Å². The Morgan fingerprint density at radius 3 is 2.28 bits per heavy atom. The number of alkyl halides is 3. The molecule has 128 valence electrons. The molecule has 25 heavy (non-hydrogen) atoms. The molecule has 0 saturated heterocycles. The lowest BCUT2D eigenvalue weighted by Crippen LogP contribution is -2.04. The average Bonchev–Trinajstić information content (AvgIpc) is 2.60. The second-order valence-corrected chi connectivity index (χ2v) is 6.19. The van der Waals surface area contributed by atoms with Gasteiger partial charge in [0.1, 0.15) is 5.82 Å². The van der Waals surface area contributed by atoms with E-state index < -0.39 is 11.7 Å². The number of halogens is 4. The van der Waals surface area contributed by atoms with Gasteiger partial charge in [0.25, 0.3) is 0 Å². The Morgan fingerprint density at radius 2 is 1.60 bits per heavy atom. The van der Waals surface area contributed by atoms with Crippen LogP contribution in [0.4, 0.5) is 17.6 Å². The first-order valence-corrected chi connectivity index (χ1v) is 8.27. The van der Waals surface area contributed by atoms with Crippen LogP contribution in [0.25, 0.3) is 11.1 Å². The molecular formula is C18H12F4N2S. The Labute approximate surface area is 146 Å². The van der Waals surface area contributed by atoms with Gasteiger partial charge < -0.3 is 0 Å². The van der Waals surface area contributed by atoms with Crippen LogP contribution in [0.1, 0.15) is 11.1 Å². The number of nitrogens with zero attached hydrogens (tertiary/aromatic N) is 2. The number of hydrogen-bond acceptors (Lipinski definition) is 3. The van der Waals surface area contributed by atoms with E-state index in [9.17, 15) is 17.6 Å². The fourth-order valence-corrected chi connectivity index (χ4v) is 2.92. The second kappa shape index (κ2) is 7.23. The average molecular weight is 364 g/mol. The zero-order valence-electron chi connectivity index (χ0n) is 12.8. The molecule has 2 aromatic carbocycles. The van der Waals surface area contributed by atoms with Crippen LogP contribution in [0, 0.1) is 5.82 Å². The lowest BCUT2D eigenvalue weighted by atomic mass is 10.1. The Bertz CT molecular complexity index is 863. The quantitative estimate of drug-likeness (QED) is 0.343. The van der Waals surface area contributed by atoms with Gasteiger partial charge in [0.15, 0.2) is 5.16 Å². The van der Waals surface area contributed by atoms with Crippen molar-refractivity contribution in [2.75, 3.05) is 0 Å². The summed E-state index contributed by atoms with van der Waals surface area (Å²) in [5.74, 6) is 0.194. The SMILES string of the molecule is Fc1cccc(CSc2ncc(-c3cccc(C(F)(F)F)c3)cn2)c1. The van der Waals surface area contributed by atoms with Gasteiger partial charge in [0, 0.05) is 23.7 Å². The molecule has 3 rings (SSSR count). The molecule has 0 aliphatic carbocycles. The highest BCUT2D eigenvalue weighted by Crippen LogP contribution is 2.32. The van der Waals surface area contributed by atoms with Crippen molar-refractivity contribution < 1.29 is 17.6 Å². The summed E-state index contributed by atoms with van der Waals surface area (Å²) in [4.78, 5) is 8.32. The van der Waals surface area contributed by atoms with Crippen LogP contribution < -0.4 is 0 Å². The molecule has 0 N–H and O–H groups in total. The molecule has 2 nitrogen and oxygen atoms in total. The van der Waals surface area contributed by atoms with Gasteiger partial charge in [-0.3, -0.25) is 0 Å². The summed E-state index contributed by atoms with van der Waals surface area (Å²) < 4.78 is 51.5. The molecule has 0 spiro atoms. The smallest absolute Gasteiger partial charge is 0.230 e. The van der Waals surface area contributed by atoms with Gasteiger partial charge in [0.05, 0.1) is 5.56 Å². The van der Waals surface area contributed by atoms with Crippen LogP contribution in [0.2, 0.25) is 0 Å². The van der Waals surface area contributed by atoms with E-state index in [2.05, 4.69) is 9.97 Å². The van der Waals surface area contributed by atoms with Crippen LogP contribution >= 0.6 is 11.8 Å². The lowest BCUT2D eigenvalue weighted by molar-refractivity contribution is -0.137. The predicted octanol–water partition coefficient (Wildman–Crippen LogP) is 5.59. The standard InChI is InChI=1S/C18H12F4N2S/c19-16-6-1-3-12(7-16)11-25-17-23-9-14(10-24-17)13-4-2-5-15(8-13)18(20,21)22/h1-10H,11H2. The van der Waals surface area contributed by atoms with E-state index in [-0.39, 0.29) is 5.82 Å². The van der Waals surface area contributed by atoms with Gasteiger partial charge >= 0.3 is 6.18 Å². The van der Waals surface area contributed by atoms with Crippen molar-refractivity contribution in [1.82, 2.24) is 9.97 Å². The first kappa shape index (κ1) is 17.4. The van der Waals surface area contributed by atoms with E-state index in [1.165, 1.54) is 42.4 Å². The van der Waals surface area contributed by atoms with Gasteiger partial charge in [0.2, 0.25) is 0 Å². The fourth-order valence-electron chi connectivity index (χ4n) is 2.19. The maximum absolute atomic E-state index is 13.1. The first-order chi connectivity index (χ1) is 11.9. The molecule has 0 saturated carbocycles. The summed E-state index contributed by atoms with van der Waals surface area (Å²) >= 11 is 1.32. The second-order valence-electron chi connectivity index (χ2n) is 5.25. The molecular weight excluding hydrogens is 352 g/mol. The van der Waals surface area contributed by atoms with Crippen LogP contribution in [-0.2, 0) is 11.9 Å². The largest absolute Gasteiger partial charge is 0.416 e. The third kappa shape index (κ3) is 4.57. The summed E-state index contributed by atoms with van der Waals surface area (Å²) in [6, 6.07) is 11.2. The van der Waals surface area contributed by atoms with Crippen molar-refractivity contribution in [2.45, 2.75) is 17.1 Å². The molecule has 0 bridgehead atoms. The number of hydrogen-bond donors (Lipinski definition) is 0. The predicted molar refractivity (Wildman–Crippen MR) is 88.4 cm³/mol. The van der Waals surface area contributed by atoms with Gasteiger partial charge in [-0.15, -0.1) is 0 Å². The Hall–Kier alpha value is -2.41. The minimum Gasteiger partial charge on any atom is -0.230 e. The summed E-state index contributed by atoms with van der Waals surface area (Å²) in [6.45, 7) is 0. The normalized spacial score (nSPS) is 11.5. The van der Waals surface area contributed by atoms with Crippen molar-refractivity contribution in [3.05, 3.63) is 77.9 Å². The van der Waals surface area contributed by atoms with Gasteiger partial charge in [-0.2, -0.15) is 13.2 Å². The van der Waals surface area contributed by atoms with E-state index in [1.807, 2.05) is 0 Å². The molecule has 0 atom stereocenters. The number of rotatable bonds is 4. The zero-order chi connectivity index (χ0) is 17.9. The van der Waals surface area contributed by atoms with Crippen molar-refractivity contribution in [2.24, 2.45) is 0 Å². The molecule has 1 aromatic heterocycles. The number of aromatic nitrogens is 2. The fraction of sp³-hybridized carbons (Fsp3) is 0.111. The molecule has 0 aliphatic rings. The summed E-state index contributed by atoms with van der Waals surface area (Å²) in [6.07, 6.45) is -1.43. The highest BCUT2D eigenvalue weighted by atomic mass is 32.2. The van der Waals surface area contributed by atoms with Crippen molar-refractivity contribution in [3.63, 3.8) is 0 Å². The van der Waals surface area contributed by atoms with E-state index in [0.717, 1.165) is 17.7 Å². The zero-order valence-corrected chi connectivity index (χ0v) is 13.6. The lowest BCUT2D eigenvalue weighted by Gasteiger charge is -2.08. The van der Waals surface area contributed by atoms with Gasteiger partial charge in [-0.25, -0.2) is 14.4 Å². The monoisotopic (exact) mass is 364 g/mol. The summed E-state index contributed by atoms with van der Waals surface area (Å²) in [5.41, 5.74) is 0.989. The number of benzene rings is 2. The maximum atomic E-state index is 13.1. The molecule has 0 unspecified atom stereocenters. The molecule has 0 fully saturated rings. The van der Waals surface area contributed by atoms with E-state index >= 15 is 0 Å². The van der Waals surface area contributed by atoms with Gasteiger partial charge in [-0.05, 0) is 35.4 Å². The molecule has 0 amide bonds. The molecule has 0 radical (unpaired) electrons. The molecule has 7 heteroatoms. The molecule has 0 aliphatic heterocycles. The van der Waals surface area contributed by atoms with Crippen LogP contribution in [0.15, 0.2) is 66.1 Å². The third-order valence-corrected chi connectivity index (χ3v) is 4.36. The van der Waals surface area contributed by atoms with Gasteiger partial charge in [-0.1, -0.05) is 36.0 Å². The Morgan fingerprint density at radius 1 is 0.880 bits per heavy atom. The minimum absolute atomic E-state index is 0.307. The summed E-state index contributed by atoms with van der Waals surface area (Å²) in [7, 11) is 0. The van der Waals surface area contributed by atoms with Crippen molar-refractivity contribution >= 4 is 11.8 Å². The third-order valence-electron chi connectivity index (χ3n) is 3.41. The molecule has 3 aromatic rings. The Kier molecular flexibility index (Phi) is 5.03. The minimum atomic E-state index is -4.39. The van der Waals surface area contributed by atoms with Crippen LogP contribution in [-0.4, -0.2) is 9.97 Å². The first-order valence-electron chi connectivity index (χ1n) is 7.29. The molecule has 1 heterocycles.